The van der Waals surface area contributed by atoms with Crippen molar-refractivity contribution in [1.82, 2.24) is 10.2 Å². The smallest absolute Gasteiger partial charge is 0.325 e. The van der Waals surface area contributed by atoms with Crippen molar-refractivity contribution >= 4 is 23.5 Å². The lowest BCUT2D eigenvalue weighted by atomic mass is 9.91. The summed E-state index contributed by atoms with van der Waals surface area (Å²) in [5.41, 5.74) is 1.38. The lowest BCUT2D eigenvalue weighted by Gasteiger charge is -2.30. The van der Waals surface area contributed by atoms with E-state index in [1.807, 2.05) is 6.07 Å². The number of benzene rings is 3. The Morgan fingerprint density at radius 3 is 2.50 bits per heavy atom. The summed E-state index contributed by atoms with van der Waals surface area (Å²) >= 11 is 0. The highest BCUT2D eigenvalue weighted by Crippen LogP contribution is 2.32. The molecular formula is C29H26FN3O5. The molecule has 38 heavy (non-hydrogen) atoms. The van der Waals surface area contributed by atoms with E-state index in [9.17, 15) is 18.8 Å². The molecule has 0 aromatic heterocycles. The standard InChI is InChI=1S/C29H26FN3O5/c1-3-19-9-14-24(23(30)17-19)31-27(35)26(18(2)20-7-5-4-6-8-20)33-28(36)25(32-29(33)37)21-10-12-22(13-11-21)38-16-15-34/h1,4-14,17-18,25-26,34H,15-16H2,2H3,(H,31,35)(H,32,37). The molecule has 1 heterocycles. The Labute approximate surface area is 219 Å². The lowest BCUT2D eigenvalue weighted by Crippen LogP contribution is -2.50. The van der Waals surface area contributed by atoms with Crippen LogP contribution >= 0.6 is 0 Å². The fraction of sp³-hybridized carbons (Fsp3) is 0.207. The molecule has 3 unspecified atom stereocenters. The number of nitrogens with zero attached hydrogens (tertiary/aromatic N) is 1. The van der Waals surface area contributed by atoms with Gasteiger partial charge in [0, 0.05) is 11.5 Å². The van der Waals surface area contributed by atoms with Crippen LogP contribution < -0.4 is 15.4 Å². The maximum atomic E-state index is 14.6. The predicted octanol–water partition coefficient (Wildman–Crippen LogP) is 3.58. The van der Waals surface area contributed by atoms with Gasteiger partial charge in [0.1, 0.15) is 30.3 Å². The van der Waals surface area contributed by atoms with Gasteiger partial charge in [0.15, 0.2) is 0 Å². The van der Waals surface area contributed by atoms with Gasteiger partial charge >= 0.3 is 6.03 Å². The van der Waals surface area contributed by atoms with E-state index in [4.69, 9.17) is 16.3 Å². The zero-order valence-electron chi connectivity index (χ0n) is 20.6. The molecule has 1 aliphatic heterocycles. The normalized spacial score (nSPS) is 16.4. The molecular weight excluding hydrogens is 489 g/mol. The van der Waals surface area contributed by atoms with Crippen molar-refractivity contribution in [1.29, 1.82) is 0 Å². The van der Waals surface area contributed by atoms with Crippen molar-refractivity contribution < 1.29 is 28.6 Å². The number of hydrogen-bond acceptors (Lipinski definition) is 5. The fourth-order valence-corrected chi connectivity index (χ4v) is 4.32. The second-order valence-electron chi connectivity index (χ2n) is 8.70. The molecule has 0 aliphatic carbocycles. The minimum Gasteiger partial charge on any atom is -0.491 e. The Morgan fingerprint density at radius 2 is 1.87 bits per heavy atom. The molecule has 194 valence electrons. The third kappa shape index (κ3) is 5.51. The average molecular weight is 516 g/mol. The molecule has 1 saturated heterocycles. The summed E-state index contributed by atoms with van der Waals surface area (Å²) < 4.78 is 20.0. The molecule has 8 nitrogen and oxygen atoms in total. The summed E-state index contributed by atoms with van der Waals surface area (Å²) in [6.07, 6.45) is 5.32. The molecule has 3 aromatic rings. The number of rotatable bonds is 9. The molecule has 1 fully saturated rings. The average Bonchev–Trinajstić information content (AvgIpc) is 3.22. The summed E-state index contributed by atoms with van der Waals surface area (Å²) in [4.78, 5) is 41.1. The van der Waals surface area contributed by atoms with E-state index in [1.165, 1.54) is 12.1 Å². The number of halogens is 1. The second-order valence-corrected chi connectivity index (χ2v) is 8.70. The van der Waals surface area contributed by atoms with Crippen LogP contribution in [0.4, 0.5) is 14.9 Å². The van der Waals surface area contributed by atoms with Crippen molar-refractivity contribution in [2.75, 3.05) is 18.5 Å². The lowest BCUT2D eigenvalue weighted by molar-refractivity contribution is -0.134. The van der Waals surface area contributed by atoms with Gasteiger partial charge in [-0.2, -0.15) is 0 Å². The summed E-state index contributed by atoms with van der Waals surface area (Å²) in [6, 6.07) is 16.3. The van der Waals surface area contributed by atoms with Gasteiger partial charge in [-0.25, -0.2) is 14.1 Å². The van der Waals surface area contributed by atoms with E-state index in [1.54, 1.807) is 55.5 Å². The number of carbonyl (C=O) groups excluding carboxylic acids is 3. The van der Waals surface area contributed by atoms with Gasteiger partial charge in [-0.05, 0) is 41.5 Å². The molecule has 9 heteroatoms. The van der Waals surface area contributed by atoms with Crippen LogP contribution in [0.1, 0.15) is 35.6 Å². The Kier molecular flexibility index (Phi) is 8.04. The van der Waals surface area contributed by atoms with Gasteiger partial charge in [-0.15, -0.1) is 6.42 Å². The van der Waals surface area contributed by atoms with Gasteiger partial charge in [-0.1, -0.05) is 55.3 Å². The van der Waals surface area contributed by atoms with Crippen LogP contribution in [0.5, 0.6) is 5.75 Å². The molecule has 3 atom stereocenters. The third-order valence-corrected chi connectivity index (χ3v) is 6.28. The molecule has 3 N–H and O–H groups in total. The molecule has 1 aliphatic rings. The van der Waals surface area contributed by atoms with E-state index >= 15 is 0 Å². The summed E-state index contributed by atoms with van der Waals surface area (Å²) in [5, 5.41) is 14.1. The van der Waals surface area contributed by atoms with Crippen molar-refractivity contribution in [3.8, 4) is 18.1 Å². The fourth-order valence-electron chi connectivity index (χ4n) is 4.32. The van der Waals surface area contributed by atoms with Crippen molar-refractivity contribution in [2.24, 2.45) is 0 Å². The first-order valence-electron chi connectivity index (χ1n) is 11.9. The molecule has 0 saturated carbocycles. The molecule has 4 rings (SSSR count). The number of terminal acetylenes is 1. The quantitative estimate of drug-likeness (QED) is 0.298. The van der Waals surface area contributed by atoms with Gasteiger partial charge in [0.2, 0.25) is 5.91 Å². The monoisotopic (exact) mass is 515 g/mol. The zero-order chi connectivity index (χ0) is 27.2. The van der Waals surface area contributed by atoms with Gasteiger partial charge in [0.25, 0.3) is 5.91 Å². The molecule has 4 amide bonds. The number of ether oxygens (including phenoxy) is 1. The maximum absolute atomic E-state index is 14.6. The first kappa shape index (κ1) is 26.4. The summed E-state index contributed by atoms with van der Waals surface area (Å²) in [7, 11) is 0. The Morgan fingerprint density at radius 1 is 1.16 bits per heavy atom. The number of hydrogen-bond donors (Lipinski definition) is 3. The molecule has 0 spiro atoms. The van der Waals surface area contributed by atoms with Gasteiger partial charge < -0.3 is 20.5 Å². The Hall–Kier alpha value is -4.68. The van der Waals surface area contributed by atoms with Crippen LogP contribution in [0, 0.1) is 18.2 Å². The van der Waals surface area contributed by atoms with Crippen LogP contribution in [0.15, 0.2) is 72.8 Å². The predicted molar refractivity (Wildman–Crippen MR) is 139 cm³/mol. The summed E-state index contributed by atoms with van der Waals surface area (Å²) in [5.74, 6) is 0.106. The molecule has 0 bridgehead atoms. The number of aliphatic hydroxyl groups is 1. The van der Waals surface area contributed by atoms with E-state index in [2.05, 4.69) is 16.6 Å². The number of carbonyl (C=O) groups is 3. The molecule has 0 radical (unpaired) electrons. The maximum Gasteiger partial charge on any atom is 0.325 e. The highest BCUT2D eigenvalue weighted by Gasteiger charge is 2.47. The van der Waals surface area contributed by atoms with Crippen molar-refractivity contribution in [3.05, 3.63) is 95.3 Å². The first-order valence-corrected chi connectivity index (χ1v) is 11.9. The Balaban J connectivity index is 1.64. The number of nitrogens with one attached hydrogen (secondary N) is 2. The Bertz CT molecular complexity index is 1370. The molecule has 3 aromatic carbocycles. The van der Waals surface area contributed by atoms with Gasteiger partial charge in [-0.3, -0.25) is 9.59 Å². The van der Waals surface area contributed by atoms with Crippen LogP contribution in [-0.2, 0) is 9.59 Å². The van der Waals surface area contributed by atoms with E-state index in [0.717, 1.165) is 11.0 Å². The van der Waals surface area contributed by atoms with Crippen molar-refractivity contribution in [3.63, 3.8) is 0 Å². The minimum absolute atomic E-state index is 0.118. The van der Waals surface area contributed by atoms with Crippen molar-refractivity contribution in [2.45, 2.75) is 24.9 Å². The van der Waals surface area contributed by atoms with Gasteiger partial charge in [0.05, 0.1) is 12.3 Å². The number of anilines is 1. The summed E-state index contributed by atoms with van der Waals surface area (Å²) in [6.45, 7) is 1.69. The van der Waals surface area contributed by atoms with Crippen LogP contribution in [0.3, 0.4) is 0 Å². The van der Waals surface area contributed by atoms with Crippen LogP contribution in [0.2, 0.25) is 0 Å². The largest absolute Gasteiger partial charge is 0.491 e. The minimum atomic E-state index is -1.28. The highest BCUT2D eigenvalue weighted by molar-refractivity contribution is 6.10. The number of urea groups is 1. The number of aliphatic hydroxyl groups excluding tert-OH is 1. The number of imide groups is 1. The van der Waals surface area contributed by atoms with E-state index < -0.39 is 41.7 Å². The zero-order valence-corrected chi connectivity index (χ0v) is 20.6. The number of amides is 4. The van der Waals surface area contributed by atoms with Crippen LogP contribution in [-0.4, -0.2) is 47.1 Å². The topological polar surface area (TPSA) is 108 Å². The van der Waals surface area contributed by atoms with E-state index in [-0.39, 0.29) is 18.9 Å². The highest BCUT2D eigenvalue weighted by atomic mass is 19.1. The van der Waals surface area contributed by atoms with Crippen LogP contribution in [0.25, 0.3) is 0 Å². The first-order chi connectivity index (χ1) is 18.3. The second kappa shape index (κ2) is 11.6. The third-order valence-electron chi connectivity index (χ3n) is 6.28. The SMILES string of the molecule is C#Cc1ccc(NC(=O)C(C(C)c2ccccc2)N2C(=O)NC(c3ccc(OCCO)cc3)C2=O)c(F)c1. The van der Waals surface area contributed by atoms with E-state index in [0.29, 0.717) is 22.4 Å².